The van der Waals surface area contributed by atoms with Gasteiger partial charge in [0.1, 0.15) is 0 Å². The van der Waals surface area contributed by atoms with E-state index in [0.29, 0.717) is 5.69 Å². The molecule has 0 unspecified atom stereocenters. The molecule has 1 aromatic rings. The average Bonchev–Trinajstić information content (AvgIpc) is 2.34. The van der Waals surface area contributed by atoms with Crippen LogP contribution in [0, 0.1) is 0 Å². The van der Waals surface area contributed by atoms with Crippen LogP contribution in [0.2, 0.25) is 0 Å². The van der Waals surface area contributed by atoms with Crippen molar-refractivity contribution in [3.63, 3.8) is 0 Å². The molecule has 0 radical (unpaired) electrons. The standard InChI is InChI=1S/C11H13BrN4O3/c12-6-1-3-7(4-2-6)15-5-8(17)16-9(10(13)18)11(14)19/h1-4,9,15H,5H2,(H2,13,18)(H2,14,19)(H,16,17). The summed E-state index contributed by atoms with van der Waals surface area (Å²) in [4.78, 5) is 33.2. The molecular weight excluding hydrogens is 316 g/mol. The highest BCUT2D eigenvalue weighted by atomic mass is 79.9. The lowest BCUT2D eigenvalue weighted by molar-refractivity contribution is -0.133. The summed E-state index contributed by atoms with van der Waals surface area (Å²) in [5.74, 6) is -2.56. The van der Waals surface area contributed by atoms with Crippen LogP contribution in [0.1, 0.15) is 0 Å². The number of hydrogen-bond donors (Lipinski definition) is 4. The van der Waals surface area contributed by atoms with Gasteiger partial charge >= 0.3 is 0 Å². The van der Waals surface area contributed by atoms with Gasteiger partial charge < -0.3 is 22.1 Å². The van der Waals surface area contributed by atoms with Crippen molar-refractivity contribution in [2.24, 2.45) is 11.5 Å². The van der Waals surface area contributed by atoms with Crippen LogP contribution in [0.25, 0.3) is 0 Å². The van der Waals surface area contributed by atoms with Crippen molar-refractivity contribution < 1.29 is 14.4 Å². The lowest BCUT2D eigenvalue weighted by atomic mass is 10.2. The van der Waals surface area contributed by atoms with Crippen molar-refractivity contribution in [3.05, 3.63) is 28.7 Å². The fourth-order valence-electron chi connectivity index (χ4n) is 1.24. The van der Waals surface area contributed by atoms with E-state index in [1.165, 1.54) is 0 Å². The van der Waals surface area contributed by atoms with Gasteiger partial charge in [0.25, 0.3) is 0 Å². The number of carbonyl (C=O) groups excluding carboxylic acids is 3. The molecule has 1 rings (SSSR count). The Balaban J connectivity index is 2.49. The van der Waals surface area contributed by atoms with Crippen molar-refractivity contribution in [1.29, 1.82) is 0 Å². The highest BCUT2D eigenvalue weighted by Crippen LogP contribution is 2.13. The number of hydrogen-bond acceptors (Lipinski definition) is 4. The van der Waals surface area contributed by atoms with Gasteiger partial charge in [-0.05, 0) is 24.3 Å². The Bertz CT molecular complexity index is 475. The molecule has 102 valence electrons. The Kier molecular flexibility index (Phi) is 5.31. The van der Waals surface area contributed by atoms with E-state index >= 15 is 0 Å². The van der Waals surface area contributed by atoms with Crippen molar-refractivity contribution in [2.45, 2.75) is 6.04 Å². The van der Waals surface area contributed by atoms with Gasteiger partial charge in [0, 0.05) is 10.2 Å². The third-order valence-corrected chi connectivity index (χ3v) is 2.70. The molecule has 1 aromatic carbocycles. The van der Waals surface area contributed by atoms with Crippen molar-refractivity contribution in [1.82, 2.24) is 5.32 Å². The lowest BCUT2D eigenvalue weighted by Gasteiger charge is -2.12. The Morgan fingerprint density at radius 3 is 2.11 bits per heavy atom. The first kappa shape index (κ1) is 15.0. The molecular formula is C11H13BrN4O3. The van der Waals surface area contributed by atoms with Gasteiger partial charge in [-0.3, -0.25) is 14.4 Å². The smallest absolute Gasteiger partial charge is 0.249 e. The van der Waals surface area contributed by atoms with Crippen LogP contribution in [-0.4, -0.2) is 30.3 Å². The lowest BCUT2D eigenvalue weighted by Crippen LogP contribution is -2.53. The Hall–Kier alpha value is -2.09. The maximum absolute atomic E-state index is 11.5. The summed E-state index contributed by atoms with van der Waals surface area (Å²) < 4.78 is 0.907. The summed E-state index contributed by atoms with van der Waals surface area (Å²) >= 11 is 3.28. The fraction of sp³-hybridized carbons (Fsp3) is 0.182. The van der Waals surface area contributed by atoms with E-state index in [-0.39, 0.29) is 6.54 Å². The number of carbonyl (C=O) groups is 3. The van der Waals surface area contributed by atoms with E-state index in [9.17, 15) is 14.4 Å². The van der Waals surface area contributed by atoms with E-state index in [4.69, 9.17) is 11.5 Å². The number of amides is 3. The van der Waals surface area contributed by atoms with Gasteiger partial charge in [-0.2, -0.15) is 0 Å². The third kappa shape index (κ3) is 4.96. The molecule has 0 bridgehead atoms. The van der Waals surface area contributed by atoms with E-state index in [2.05, 4.69) is 26.6 Å². The third-order valence-electron chi connectivity index (χ3n) is 2.17. The monoisotopic (exact) mass is 328 g/mol. The zero-order valence-corrected chi connectivity index (χ0v) is 11.4. The molecule has 0 spiro atoms. The van der Waals surface area contributed by atoms with Crippen LogP contribution in [0.3, 0.4) is 0 Å². The molecule has 6 N–H and O–H groups in total. The largest absolute Gasteiger partial charge is 0.376 e. The van der Waals surface area contributed by atoms with Crippen LogP contribution < -0.4 is 22.1 Å². The highest BCUT2D eigenvalue weighted by molar-refractivity contribution is 9.10. The molecule has 19 heavy (non-hydrogen) atoms. The first-order valence-electron chi connectivity index (χ1n) is 5.27. The molecule has 3 amide bonds. The summed E-state index contributed by atoms with van der Waals surface area (Å²) in [5.41, 5.74) is 10.6. The summed E-state index contributed by atoms with van der Waals surface area (Å²) in [5, 5.41) is 4.96. The Morgan fingerprint density at radius 1 is 1.11 bits per heavy atom. The molecule has 0 aliphatic carbocycles. The minimum atomic E-state index is -1.50. The number of benzene rings is 1. The zero-order chi connectivity index (χ0) is 14.4. The number of nitrogens with one attached hydrogen (secondary N) is 2. The minimum Gasteiger partial charge on any atom is -0.376 e. The Morgan fingerprint density at radius 2 is 1.63 bits per heavy atom. The molecule has 0 fully saturated rings. The van der Waals surface area contributed by atoms with E-state index in [1.54, 1.807) is 24.3 Å². The molecule has 0 aliphatic rings. The second kappa shape index (κ2) is 6.74. The molecule has 0 saturated carbocycles. The second-order valence-electron chi connectivity index (χ2n) is 3.67. The van der Waals surface area contributed by atoms with Gasteiger partial charge in [-0.25, -0.2) is 0 Å². The topological polar surface area (TPSA) is 127 Å². The number of primary amides is 2. The van der Waals surface area contributed by atoms with Gasteiger partial charge in [0.05, 0.1) is 6.54 Å². The van der Waals surface area contributed by atoms with Gasteiger partial charge in [0.2, 0.25) is 17.7 Å². The molecule has 0 aliphatic heterocycles. The number of anilines is 1. The second-order valence-corrected chi connectivity index (χ2v) is 4.58. The molecule has 8 heteroatoms. The summed E-state index contributed by atoms with van der Waals surface area (Å²) in [6.45, 7) is -0.112. The Labute approximate surface area is 117 Å². The van der Waals surface area contributed by atoms with Gasteiger partial charge in [-0.15, -0.1) is 0 Å². The fourth-order valence-corrected chi connectivity index (χ4v) is 1.51. The van der Waals surface area contributed by atoms with Crippen LogP contribution in [0.5, 0.6) is 0 Å². The van der Waals surface area contributed by atoms with E-state index in [1.807, 2.05) is 0 Å². The quantitative estimate of drug-likeness (QED) is 0.515. The predicted octanol–water partition coefficient (Wildman–Crippen LogP) is -0.684. The molecule has 0 heterocycles. The molecule has 0 atom stereocenters. The first-order chi connectivity index (χ1) is 8.90. The molecule has 0 aromatic heterocycles. The van der Waals surface area contributed by atoms with E-state index in [0.717, 1.165) is 4.47 Å². The first-order valence-corrected chi connectivity index (χ1v) is 6.07. The van der Waals surface area contributed by atoms with Crippen molar-refractivity contribution in [3.8, 4) is 0 Å². The SMILES string of the molecule is NC(=O)C(NC(=O)CNc1ccc(Br)cc1)C(N)=O. The minimum absolute atomic E-state index is 0.112. The van der Waals surface area contributed by atoms with E-state index < -0.39 is 23.8 Å². The average molecular weight is 329 g/mol. The predicted molar refractivity (Wildman–Crippen MR) is 73.0 cm³/mol. The maximum atomic E-state index is 11.5. The number of nitrogens with two attached hydrogens (primary N) is 2. The summed E-state index contributed by atoms with van der Waals surface area (Å²) in [6, 6.07) is 5.62. The van der Waals surface area contributed by atoms with Gasteiger partial charge in [-0.1, -0.05) is 15.9 Å². The highest BCUT2D eigenvalue weighted by Gasteiger charge is 2.23. The van der Waals surface area contributed by atoms with Crippen molar-refractivity contribution in [2.75, 3.05) is 11.9 Å². The van der Waals surface area contributed by atoms with Crippen LogP contribution in [0.15, 0.2) is 28.7 Å². The summed E-state index contributed by atoms with van der Waals surface area (Å²) in [6.07, 6.45) is 0. The normalized spacial score (nSPS) is 10.0. The van der Waals surface area contributed by atoms with Crippen molar-refractivity contribution >= 4 is 39.3 Å². The van der Waals surface area contributed by atoms with Crippen LogP contribution in [-0.2, 0) is 14.4 Å². The summed E-state index contributed by atoms with van der Waals surface area (Å²) in [7, 11) is 0. The number of rotatable bonds is 6. The zero-order valence-electron chi connectivity index (χ0n) is 9.85. The van der Waals surface area contributed by atoms with Crippen LogP contribution >= 0.6 is 15.9 Å². The molecule has 0 saturated heterocycles. The van der Waals surface area contributed by atoms with Gasteiger partial charge in [0.15, 0.2) is 6.04 Å². The number of halogens is 1. The maximum Gasteiger partial charge on any atom is 0.249 e. The van der Waals surface area contributed by atoms with Crippen LogP contribution in [0.4, 0.5) is 5.69 Å². The molecule has 7 nitrogen and oxygen atoms in total.